The van der Waals surface area contributed by atoms with Crippen LogP contribution in [0.4, 0.5) is 4.79 Å². The van der Waals surface area contributed by atoms with Gasteiger partial charge in [0.25, 0.3) is 0 Å². The van der Waals surface area contributed by atoms with E-state index >= 15 is 0 Å². The molecular weight excluding hydrogens is 354 g/mol. The minimum atomic E-state index is -1.04. The fourth-order valence-corrected chi connectivity index (χ4v) is 3.08. The number of carboxylic acid groups (broad SMARTS) is 1. The number of rotatable bonds is 4. The molecule has 1 amide bonds. The van der Waals surface area contributed by atoms with Crippen molar-refractivity contribution in [2.45, 2.75) is 51.4 Å². The molecule has 0 spiro atoms. The van der Waals surface area contributed by atoms with Gasteiger partial charge in [0.2, 0.25) is 0 Å². The van der Waals surface area contributed by atoms with Gasteiger partial charge in [0.05, 0.1) is 11.9 Å². The van der Waals surface area contributed by atoms with Crippen LogP contribution in [0, 0.1) is 0 Å². The normalized spacial score (nSPS) is 21.8. The number of aliphatic carboxylic acids is 1. The van der Waals surface area contributed by atoms with Gasteiger partial charge in [-0.3, -0.25) is 9.88 Å². The van der Waals surface area contributed by atoms with Crippen molar-refractivity contribution in [1.29, 1.82) is 0 Å². The molecule has 1 fully saturated rings. The summed E-state index contributed by atoms with van der Waals surface area (Å²) >= 11 is 0. The first-order valence-electron chi connectivity index (χ1n) is 8.93. The lowest BCUT2D eigenvalue weighted by Crippen LogP contribution is -2.43. The number of ether oxygens (including phenoxy) is 3. The molecule has 2 aliphatic rings. The molecule has 9 heteroatoms. The van der Waals surface area contributed by atoms with Crippen LogP contribution in [0.25, 0.3) is 0 Å². The molecule has 0 bridgehead atoms. The lowest BCUT2D eigenvalue weighted by atomic mass is 10.1. The molecule has 1 saturated heterocycles. The van der Waals surface area contributed by atoms with E-state index in [-0.39, 0.29) is 12.6 Å². The van der Waals surface area contributed by atoms with Gasteiger partial charge in [-0.05, 0) is 27.2 Å². The van der Waals surface area contributed by atoms with Crippen molar-refractivity contribution in [3.8, 4) is 11.5 Å². The van der Waals surface area contributed by atoms with Crippen LogP contribution in [0.3, 0.4) is 0 Å². The van der Waals surface area contributed by atoms with Crippen LogP contribution in [-0.2, 0) is 16.1 Å². The number of likely N-dealkylation sites (tertiary alicyclic amines) is 1. The van der Waals surface area contributed by atoms with E-state index in [1.54, 1.807) is 33.0 Å². The van der Waals surface area contributed by atoms with E-state index in [4.69, 9.17) is 14.2 Å². The standard InChI is InChI=1S/C18H25N3O6/c1-18(2,3)27-17(24)21-10-12(6-13(21)16(22)23)19-8-11-7-14-15(9-20-11)26-5-4-25-14/h7,9,12-13,19H,4-6,8,10H2,1-3H3,(H,22,23)/t12-,13+/m1/s1. The van der Waals surface area contributed by atoms with Crippen molar-refractivity contribution in [1.82, 2.24) is 15.2 Å². The zero-order chi connectivity index (χ0) is 19.6. The summed E-state index contributed by atoms with van der Waals surface area (Å²) in [5, 5.41) is 12.7. The highest BCUT2D eigenvalue weighted by atomic mass is 16.6. The third-order valence-electron chi connectivity index (χ3n) is 4.27. The van der Waals surface area contributed by atoms with Gasteiger partial charge in [0.1, 0.15) is 24.9 Å². The summed E-state index contributed by atoms with van der Waals surface area (Å²) < 4.78 is 16.3. The minimum Gasteiger partial charge on any atom is -0.486 e. The second-order valence-electron chi connectivity index (χ2n) is 7.62. The lowest BCUT2D eigenvalue weighted by molar-refractivity contribution is -0.142. The summed E-state index contributed by atoms with van der Waals surface area (Å²) in [6, 6.07) is 0.718. The largest absolute Gasteiger partial charge is 0.486 e. The van der Waals surface area contributed by atoms with Crippen LogP contribution in [0.15, 0.2) is 12.3 Å². The van der Waals surface area contributed by atoms with Crippen molar-refractivity contribution >= 4 is 12.1 Å². The fourth-order valence-electron chi connectivity index (χ4n) is 3.08. The average Bonchev–Trinajstić information content (AvgIpc) is 3.03. The minimum absolute atomic E-state index is 0.173. The molecule has 0 saturated carbocycles. The Morgan fingerprint density at radius 1 is 1.33 bits per heavy atom. The molecule has 0 aliphatic carbocycles. The van der Waals surface area contributed by atoms with E-state index in [0.717, 1.165) is 5.69 Å². The quantitative estimate of drug-likeness (QED) is 0.808. The number of nitrogens with zero attached hydrogens (tertiary/aromatic N) is 2. The van der Waals surface area contributed by atoms with Crippen LogP contribution in [0.2, 0.25) is 0 Å². The Bertz CT molecular complexity index is 718. The number of nitrogens with one attached hydrogen (secondary N) is 1. The summed E-state index contributed by atoms with van der Waals surface area (Å²) in [5.74, 6) is 0.230. The Kier molecular flexibility index (Phi) is 5.41. The van der Waals surface area contributed by atoms with Gasteiger partial charge >= 0.3 is 12.1 Å². The molecule has 2 atom stereocenters. The number of pyridine rings is 1. The van der Waals surface area contributed by atoms with Gasteiger partial charge in [-0.1, -0.05) is 0 Å². The van der Waals surface area contributed by atoms with E-state index in [0.29, 0.717) is 37.7 Å². The van der Waals surface area contributed by atoms with Gasteiger partial charge in [0.15, 0.2) is 11.5 Å². The summed E-state index contributed by atoms with van der Waals surface area (Å²) in [6.45, 7) is 6.94. The van der Waals surface area contributed by atoms with E-state index in [2.05, 4.69) is 10.3 Å². The second-order valence-corrected chi connectivity index (χ2v) is 7.62. The molecule has 27 heavy (non-hydrogen) atoms. The second kappa shape index (κ2) is 7.59. The highest BCUT2D eigenvalue weighted by Gasteiger charge is 2.41. The van der Waals surface area contributed by atoms with E-state index < -0.39 is 23.7 Å². The highest BCUT2D eigenvalue weighted by molar-refractivity contribution is 5.81. The predicted molar refractivity (Wildman–Crippen MR) is 94.8 cm³/mol. The molecule has 1 aromatic rings. The molecule has 148 valence electrons. The predicted octanol–water partition coefficient (Wildman–Crippen LogP) is 1.41. The third-order valence-corrected chi connectivity index (χ3v) is 4.27. The van der Waals surface area contributed by atoms with Gasteiger partial charge in [-0.25, -0.2) is 9.59 Å². The van der Waals surface area contributed by atoms with Crippen LogP contribution in [0.1, 0.15) is 32.9 Å². The van der Waals surface area contributed by atoms with Crippen LogP contribution >= 0.6 is 0 Å². The summed E-state index contributed by atoms with van der Waals surface area (Å²) in [6.07, 6.45) is 1.31. The average molecular weight is 379 g/mol. The van der Waals surface area contributed by atoms with Crippen molar-refractivity contribution in [3.05, 3.63) is 18.0 Å². The third kappa shape index (κ3) is 4.79. The maximum absolute atomic E-state index is 12.3. The van der Waals surface area contributed by atoms with Crippen molar-refractivity contribution in [2.24, 2.45) is 0 Å². The van der Waals surface area contributed by atoms with Gasteiger partial charge in [-0.2, -0.15) is 0 Å². The molecule has 0 radical (unpaired) electrons. The van der Waals surface area contributed by atoms with Crippen LogP contribution in [-0.4, -0.2) is 64.5 Å². The Balaban J connectivity index is 1.61. The number of hydrogen-bond donors (Lipinski definition) is 2. The molecule has 0 aromatic carbocycles. The molecule has 2 aliphatic heterocycles. The summed E-state index contributed by atoms with van der Waals surface area (Å²) in [7, 11) is 0. The Labute approximate surface area is 157 Å². The fraction of sp³-hybridized carbons (Fsp3) is 0.611. The lowest BCUT2D eigenvalue weighted by Gasteiger charge is -2.26. The SMILES string of the molecule is CC(C)(C)OC(=O)N1C[C@H](NCc2cc3c(cn2)OCCO3)C[C@H]1C(=O)O. The highest BCUT2D eigenvalue weighted by Crippen LogP contribution is 2.29. The number of carboxylic acids is 1. The number of aromatic nitrogens is 1. The molecule has 3 rings (SSSR count). The maximum Gasteiger partial charge on any atom is 0.411 e. The van der Waals surface area contributed by atoms with Gasteiger partial charge in [-0.15, -0.1) is 0 Å². The topological polar surface area (TPSA) is 110 Å². The Morgan fingerprint density at radius 3 is 2.70 bits per heavy atom. The van der Waals surface area contributed by atoms with Crippen molar-refractivity contribution < 1.29 is 28.9 Å². The summed E-state index contributed by atoms with van der Waals surface area (Å²) in [5.41, 5.74) is 0.0719. The number of carbonyl (C=O) groups excluding carboxylic acids is 1. The Hall–Kier alpha value is -2.55. The zero-order valence-corrected chi connectivity index (χ0v) is 15.7. The number of hydrogen-bond acceptors (Lipinski definition) is 7. The molecule has 3 heterocycles. The molecule has 9 nitrogen and oxygen atoms in total. The van der Waals surface area contributed by atoms with Crippen molar-refractivity contribution in [2.75, 3.05) is 19.8 Å². The first kappa shape index (κ1) is 19.2. The van der Waals surface area contributed by atoms with Gasteiger partial charge in [0, 0.05) is 25.2 Å². The smallest absolute Gasteiger partial charge is 0.411 e. The summed E-state index contributed by atoms with van der Waals surface area (Å²) in [4.78, 5) is 29.5. The molecule has 0 unspecified atom stereocenters. The van der Waals surface area contributed by atoms with E-state index in [1.165, 1.54) is 4.90 Å². The first-order chi connectivity index (χ1) is 12.7. The molecule has 1 aromatic heterocycles. The first-order valence-corrected chi connectivity index (χ1v) is 8.93. The number of fused-ring (bicyclic) bond motifs is 1. The molecule has 2 N–H and O–H groups in total. The number of amides is 1. The van der Waals surface area contributed by atoms with Crippen LogP contribution in [0.5, 0.6) is 11.5 Å². The molecular formula is C18H25N3O6. The zero-order valence-electron chi connectivity index (χ0n) is 15.7. The van der Waals surface area contributed by atoms with E-state index in [1.807, 2.05) is 0 Å². The maximum atomic E-state index is 12.3. The van der Waals surface area contributed by atoms with Gasteiger partial charge < -0.3 is 24.6 Å². The van der Waals surface area contributed by atoms with E-state index in [9.17, 15) is 14.7 Å². The van der Waals surface area contributed by atoms with Crippen molar-refractivity contribution in [3.63, 3.8) is 0 Å². The number of carbonyl (C=O) groups is 2. The Morgan fingerprint density at radius 2 is 2.04 bits per heavy atom. The van der Waals surface area contributed by atoms with Crippen LogP contribution < -0.4 is 14.8 Å². The monoisotopic (exact) mass is 379 g/mol.